The molecule has 0 fully saturated rings. The summed E-state index contributed by atoms with van der Waals surface area (Å²) in [5.74, 6) is -2.83. The van der Waals surface area contributed by atoms with Crippen LogP contribution in [-0.4, -0.2) is 29.1 Å². The van der Waals surface area contributed by atoms with Gasteiger partial charge in [-0.1, -0.05) is 0 Å². The van der Waals surface area contributed by atoms with Gasteiger partial charge in [0.2, 0.25) is 0 Å². The van der Waals surface area contributed by atoms with Gasteiger partial charge in [0.1, 0.15) is 0 Å². The molecule has 0 aliphatic rings. The third-order valence-electron chi connectivity index (χ3n) is 4.72. The van der Waals surface area contributed by atoms with Gasteiger partial charge in [-0.25, -0.2) is 22.2 Å². The highest BCUT2D eigenvalue weighted by Gasteiger charge is 2.17. The van der Waals surface area contributed by atoms with E-state index in [0.717, 1.165) is 23.2 Å². The number of hydrogen-bond donors (Lipinski definition) is 2. The molecular weight excluding hydrogens is 440 g/mol. The Hall–Kier alpha value is -3.86. The number of fused-ring (bicyclic) bond motifs is 1. The molecule has 0 bridgehead atoms. The van der Waals surface area contributed by atoms with Crippen molar-refractivity contribution in [2.24, 2.45) is 7.05 Å². The van der Waals surface area contributed by atoms with Crippen LogP contribution in [0.3, 0.4) is 0 Å². The fraction of sp³-hybridized carbons (Fsp3) is 0.0952. The molecule has 32 heavy (non-hydrogen) atoms. The molecule has 0 unspecified atom stereocenters. The summed E-state index contributed by atoms with van der Waals surface area (Å²) in [6, 6.07) is 9.69. The summed E-state index contributed by atoms with van der Waals surface area (Å²) in [5, 5.41) is 7.83. The van der Waals surface area contributed by atoms with Crippen molar-refractivity contribution in [3.63, 3.8) is 0 Å². The van der Waals surface area contributed by atoms with E-state index in [9.17, 15) is 22.0 Å². The first-order chi connectivity index (χ1) is 15.1. The van der Waals surface area contributed by atoms with E-state index >= 15 is 0 Å². The number of anilines is 2. The molecule has 8 nitrogen and oxygen atoms in total. The molecule has 0 saturated carbocycles. The van der Waals surface area contributed by atoms with Crippen molar-refractivity contribution in [3.8, 4) is 0 Å². The lowest BCUT2D eigenvalue weighted by molar-refractivity contribution is 0.102. The van der Waals surface area contributed by atoms with E-state index in [0.29, 0.717) is 17.4 Å². The summed E-state index contributed by atoms with van der Waals surface area (Å²) in [5.41, 5.74) is 2.40. The minimum Gasteiger partial charge on any atom is -0.321 e. The smallest absolute Gasteiger partial charge is 0.261 e. The molecule has 4 aromatic rings. The molecule has 2 aromatic carbocycles. The Morgan fingerprint density at radius 1 is 1.00 bits per heavy atom. The molecule has 0 saturated heterocycles. The normalized spacial score (nSPS) is 11.5. The van der Waals surface area contributed by atoms with E-state index in [-0.39, 0.29) is 11.3 Å². The Kier molecular flexibility index (Phi) is 5.35. The molecule has 0 atom stereocenters. The summed E-state index contributed by atoms with van der Waals surface area (Å²) in [7, 11) is -2.35. The topological polar surface area (TPSA) is 106 Å². The lowest BCUT2D eigenvalue weighted by atomic mass is 10.2. The summed E-state index contributed by atoms with van der Waals surface area (Å²) < 4.78 is 55.1. The third kappa shape index (κ3) is 4.14. The zero-order valence-electron chi connectivity index (χ0n) is 16.9. The van der Waals surface area contributed by atoms with Crippen LogP contribution in [0.25, 0.3) is 11.0 Å². The van der Waals surface area contributed by atoms with Gasteiger partial charge in [-0.2, -0.15) is 5.10 Å². The maximum absolute atomic E-state index is 13.4. The second-order valence-electron chi connectivity index (χ2n) is 7.02. The Morgan fingerprint density at radius 3 is 2.41 bits per heavy atom. The molecule has 2 aromatic heterocycles. The standard InChI is InChI=1S/C21H17F2N5O3S/c1-12-17-9-15(11-24-20(17)28(2)26-12)25-21(29)13-3-5-14(6-4-13)27-32(30,31)16-7-8-18(22)19(23)10-16/h3-11,27H,1-2H3,(H,25,29). The third-order valence-corrected chi connectivity index (χ3v) is 6.10. The number of pyridine rings is 1. The van der Waals surface area contributed by atoms with Crippen LogP contribution in [0.2, 0.25) is 0 Å². The molecular formula is C21H17F2N5O3S. The number of amides is 1. The first kappa shape index (κ1) is 21.4. The van der Waals surface area contributed by atoms with Crippen molar-refractivity contribution in [2.45, 2.75) is 11.8 Å². The minimum absolute atomic E-state index is 0.153. The van der Waals surface area contributed by atoms with E-state index in [1.165, 1.54) is 30.5 Å². The molecule has 4 rings (SSSR count). The number of carbonyl (C=O) groups excluding carboxylic acids is 1. The minimum atomic E-state index is -4.13. The molecule has 11 heteroatoms. The summed E-state index contributed by atoms with van der Waals surface area (Å²) >= 11 is 0. The molecule has 1 amide bonds. The molecule has 0 spiro atoms. The largest absolute Gasteiger partial charge is 0.321 e. The fourth-order valence-corrected chi connectivity index (χ4v) is 4.20. The number of sulfonamides is 1. The average Bonchev–Trinajstić information content (AvgIpc) is 3.03. The molecule has 0 radical (unpaired) electrons. The van der Waals surface area contributed by atoms with Gasteiger partial charge in [0.25, 0.3) is 15.9 Å². The van der Waals surface area contributed by atoms with Gasteiger partial charge in [0, 0.05) is 23.7 Å². The number of nitrogens with one attached hydrogen (secondary N) is 2. The Bertz CT molecular complexity index is 1450. The second-order valence-corrected chi connectivity index (χ2v) is 8.70. The lowest BCUT2D eigenvalue weighted by Gasteiger charge is -2.10. The average molecular weight is 457 g/mol. The molecule has 164 valence electrons. The number of rotatable bonds is 5. The van der Waals surface area contributed by atoms with Gasteiger partial charge in [0.15, 0.2) is 17.3 Å². The quantitative estimate of drug-likeness (QED) is 0.476. The summed E-state index contributed by atoms with van der Waals surface area (Å²) in [6.45, 7) is 1.84. The van der Waals surface area contributed by atoms with Crippen LogP contribution in [0.5, 0.6) is 0 Å². The fourth-order valence-electron chi connectivity index (χ4n) is 3.13. The van der Waals surface area contributed by atoms with Gasteiger partial charge in [-0.3, -0.25) is 14.2 Å². The highest BCUT2D eigenvalue weighted by molar-refractivity contribution is 7.92. The van der Waals surface area contributed by atoms with Gasteiger partial charge in [-0.05, 0) is 55.5 Å². The lowest BCUT2D eigenvalue weighted by Crippen LogP contribution is -2.14. The molecule has 2 heterocycles. The van der Waals surface area contributed by atoms with Crippen molar-refractivity contribution in [1.29, 1.82) is 0 Å². The highest BCUT2D eigenvalue weighted by atomic mass is 32.2. The van der Waals surface area contributed by atoms with Gasteiger partial charge in [0.05, 0.1) is 22.5 Å². The van der Waals surface area contributed by atoms with Crippen LogP contribution in [-0.2, 0) is 17.1 Å². The Morgan fingerprint density at radius 2 is 1.72 bits per heavy atom. The number of aromatic nitrogens is 3. The van der Waals surface area contributed by atoms with Crippen molar-refractivity contribution in [3.05, 3.63) is 77.6 Å². The van der Waals surface area contributed by atoms with E-state index in [1.807, 2.05) is 6.92 Å². The Labute approximate surface area is 182 Å². The summed E-state index contributed by atoms with van der Waals surface area (Å²) in [6.07, 6.45) is 1.52. The van der Waals surface area contributed by atoms with Crippen molar-refractivity contribution in [2.75, 3.05) is 10.0 Å². The monoisotopic (exact) mass is 457 g/mol. The van der Waals surface area contributed by atoms with E-state index in [1.54, 1.807) is 17.8 Å². The van der Waals surface area contributed by atoms with Crippen molar-refractivity contribution < 1.29 is 22.0 Å². The van der Waals surface area contributed by atoms with E-state index in [4.69, 9.17) is 0 Å². The van der Waals surface area contributed by atoms with E-state index < -0.39 is 32.5 Å². The van der Waals surface area contributed by atoms with Crippen LogP contribution < -0.4 is 10.0 Å². The Balaban J connectivity index is 1.49. The van der Waals surface area contributed by atoms with Crippen LogP contribution in [0.15, 0.2) is 59.6 Å². The van der Waals surface area contributed by atoms with Gasteiger partial charge < -0.3 is 5.32 Å². The maximum atomic E-state index is 13.4. The number of halogens is 2. The van der Waals surface area contributed by atoms with Crippen LogP contribution in [0.1, 0.15) is 16.1 Å². The maximum Gasteiger partial charge on any atom is 0.261 e. The SMILES string of the molecule is Cc1nn(C)c2ncc(NC(=O)c3ccc(NS(=O)(=O)c4ccc(F)c(F)c4)cc3)cc12. The molecule has 0 aliphatic carbocycles. The molecule has 2 N–H and O–H groups in total. The number of aryl methyl sites for hydroxylation is 2. The van der Waals surface area contributed by atoms with Crippen molar-refractivity contribution in [1.82, 2.24) is 14.8 Å². The molecule has 0 aliphatic heterocycles. The van der Waals surface area contributed by atoms with E-state index in [2.05, 4.69) is 20.1 Å². The number of carbonyl (C=O) groups is 1. The number of benzene rings is 2. The first-order valence-corrected chi connectivity index (χ1v) is 10.8. The van der Waals surface area contributed by atoms with Crippen LogP contribution in [0, 0.1) is 18.6 Å². The van der Waals surface area contributed by atoms with Gasteiger partial charge in [-0.15, -0.1) is 0 Å². The van der Waals surface area contributed by atoms with Gasteiger partial charge >= 0.3 is 0 Å². The highest BCUT2D eigenvalue weighted by Crippen LogP contribution is 2.21. The number of nitrogens with zero attached hydrogens (tertiary/aromatic N) is 3. The zero-order valence-corrected chi connectivity index (χ0v) is 17.7. The predicted molar refractivity (Wildman–Crippen MR) is 115 cm³/mol. The first-order valence-electron chi connectivity index (χ1n) is 9.33. The van der Waals surface area contributed by atoms with Crippen LogP contribution in [0.4, 0.5) is 20.2 Å². The summed E-state index contributed by atoms with van der Waals surface area (Å²) in [4.78, 5) is 16.4. The number of hydrogen-bond acceptors (Lipinski definition) is 5. The van der Waals surface area contributed by atoms with Crippen molar-refractivity contribution >= 4 is 38.3 Å². The second kappa shape index (κ2) is 8.00. The van der Waals surface area contributed by atoms with Crippen LogP contribution >= 0.6 is 0 Å². The predicted octanol–water partition coefficient (Wildman–Crippen LogP) is 3.61. The zero-order chi connectivity index (χ0) is 23.0.